The molecule has 1 aromatic rings. The highest BCUT2D eigenvalue weighted by Gasteiger charge is 2.93. The zero-order chi connectivity index (χ0) is 30.4. The number of carbonyl (C=O) groups excluding carboxylic acids is 3. The number of fused-ring (bicyclic) bond motifs is 2. The van der Waals surface area contributed by atoms with Crippen molar-refractivity contribution in [2.24, 2.45) is 17.3 Å². The molecule has 3 aliphatic carbocycles. The standard InChI is InChI=1S/C27H27NO10.C2H6.CH4O/c1-25-9-8-17-18(13-35-23(17)30)19(25)12-20-26(37-20)22(29)14(11-21-27(25,26)38-21)3-2-10-34-24(31)36-16-6-4-15(5-7-16)28(32)33;2*1-2/h4-7,14,19-21H,2-3,8-13H2,1H3;1-2H3;2H,1H3. The van der Waals surface area contributed by atoms with Crippen LogP contribution in [0, 0.1) is 27.4 Å². The third-order valence-corrected chi connectivity index (χ3v) is 9.78. The largest absolute Gasteiger partial charge is 0.513 e. The van der Waals surface area contributed by atoms with Crippen molar-refractivity contribution < 1.29 is 48.1 Å². The zero-order valence-electron chi connectivity index (χ0n) is 24.3. The lowest BCUT2D eigenvalue weighted by Crippen LogP contribution is -2.64. The molecule has 12 nitrogen and oxygen atoms in total. The number of ether oxygens (including phenoxy) is 5. The first-order valence-electron chi connectivity index (χ1n) is 14.5. The third kappa shape index (κ3) is 4.25. The molecule has 1 N–H and O–H groups in total. The van der Waals surface area contributed by atoms with E-state index < -0.39 is 22.3 Å². The Balaban J connectivity index is 0.000000847. The number of epoxide rings is 2. The van der Waals surface area contributed by atoms with Crippen molar-refractivity contribution in [3.8, 4) is 5.75 Å². The third-order valence-electron chi connectivity index (χ3n) is 9.78. The lowest BCUT2D eigenvalue weighted by Gasteiger charge is -2.52. The van der Waals surface area contributed by atoms with Crippen molar-refractivity contribution in [1.82, 2.24) is 0 Å². The van der Waals surface area contributed by atoms with E-state index in [-0.39, 0.29) is 59.3 Å². The van der Waals surface area contributed by atoms with E-state index in [2.05, 4.69) is 6.92 Å². The van der Waals surface area contributed by atoms with Crippen LogP contribution < -0.4 is 4.74 Å². The van der Waals surface area contributed by atoms with Gasteiger partial charge in [0.25, 0.3) is 5.69 Å². The van der Waals surface area contributed by atoms with Gasteiger partial charge in [-0.1, -0.05) is 20.8 Å². The number of hydrogen-bond donors (Lipinski definition) is 1. The van der Waals surface area contributed by atoms with Crippen LogP contribution in [0.3, 0.4) is 0 Å². The number of rotatable bonds is 6. The average molecular weight is 588 g/mol. The summed E-state index contributed by atoms with van der Waals surface area (Å²) in [6, 6.07) is 5.12. The van der Waals surface area contributed by atoms with Gasteiger partial charge in [0.05, 0.1) is 23.7 Å². The first-order valence-corrected chi connectivity index (χ1v) is 14.5. The summed E-state index contributed by atoms with van der Waals surface area (Å²) in [5.41, 5.74) is -0.0732. The molecule has 4 fully saturated rings. The highest BCUT2D eigenvalue weighted by Crippen LogP contribution is 2.78. The number of aliphatic hydroxyl groups excluding tert-OH is 1. The molecule has 7 rings (SSSR count). The Kier molecular flexibility index (Phi) is 7.92. The van der Waals surface area contributed by atoms with E-state index in [0.29, 0.717) is 38.7 Å². The van der Waals surface area contributed by atoms with Gasteiger partial charge in [0.1, 0.15) is 18.0 Å². The van der Waals surface area contributed by atoms with Crippen molar-refractivity contribution in [2.45, 2.75) is 82.7 Å². The van der Waals surface area contributed by atoms with Gasteiger partial charge in [-0.25, -0.2) is 9.59 Å². The Morgan fingerprint density at radius 3 is 2.52 bits per heavy atom. The summed E-state index contributed by atoms with van der Waals surface area (Å²) in [7, 11) is 1.00. The SMILES string of the molecule is CC.CC12CCC3=C(COC3=O)C1CC1OC13C(=O)C(CCCOC(=O)Oc1ccc([N+](=O)[O-])cc1)CC1OC123.CO. The quantitative estimate of drug-likeness (QED) is 0.127. The molecular formula is C30H37NO11. The summed E-state index contributed by atoms with van der Waals surface area (Å²) in [6.45, 7) is 6.61. The van der Waals surface area contributed by atoms with Crippen molar-refractivity contribution in [3.63, 3.8) is 0 Å². The van der Waals surface area contributed by atoms with Crippen LogP contribution in [0.15, 0.2) is 35.4 Å². The molecule has 2 saturated heterocycles. The Morgan fingerprint density at radius 2 is 1.83 bits per heavy atom. The summed E-state index contributed by atoms with van der Waals surface area (Å²) in [5, 5.41) is 17.7. The second-order valence-corrected chi connectivity index (χ2v) is 11.4. The molecule has 2 spiro atoms. The maximum absolute atomic E-state index is 13.8. The minimum atomic E-state index is -0.914. The van der Waals surface area contributed by atoms with Crippen LogP contribution in [0.5, 0.6) is 5.75 Å². The zero-order valence-corrected chi connectivity index (χ0v) is 24.3. The van der Waals surface area contributed by atoms with Crippen molar-refractivity contribution in [1.29, 1.82) is 0 Å². The van der Waals surface area contributed by atoms with E-state index in [9.17, 15) is 24.5 Å². The molecule has 7 atom stereocenters. The Morgan fingerprint density at radius 1 is 1.12 bits per heavy atom. The smallest absolute Gasteiger partial charge is 0.458 e. The molecule has 7 unspecified atom stereocenters. The van der Waals surface area contributed by atoms with E-state index in [1.54, 1.807) is 0 Å². The topological polar surface area (TPSA) is 167 Å². The van der Waals surface area contributed by atoms with Crippen LogP contribution in [-0.2, 0) is 28.5 Å². The maximum Gasteiger partial charge on any atom is 0.513 e. The molecule has 0 aromatic heterocycles. The monoisotopic (exact) mass is 587 g/mol. The van der Waals surface area contributed by atoms with Crippen LogP contribution in [-0.4, -0.2) is 71.7 Å². The molecule has 228 valence electrons. The molecule has 0 radical (unpaired) electrons. The number of esters is 1. The summed E-state index contributed by atoms with van der Waals surface area (Å²) in [5.74, 6) is -0.111. The molecule has 3 aliphatic heterocycles. The number of aliphatic hydroxyl groups is 1. The number of Topliss-reactive ketones (excluding diaryl/α,β-unsaturated/α-hetero) is 1. The highest BCUT2D eigenvalue weighted by molar-refractivity contribution is 5.97. The average Bonchev–Trinajstić information content (AvgIpc) is 3.88. The number of ketones is 1. The molecule has 2 saturated carbocycles. The van der Waals surface area contributed by atoms with Gasteiger partial charge in [-0.2, -0.15) is 0 Å². The predicted octanol–water partition coefficient (Wildman–Crippen LogP) is 4.06. The summed E-state index contributed by atoms with van der Waals surface area (Å²) in [6.07, 6.45) is 2.53. The Bertz CT molecular complexity index is 1310. The van der Waals surface area contributed by atoms with E-state index in [0.717, 1.165) is 24.7 Å². The lowest BCUT2D eigenvalue weighted by molar-refractivity contribution is -0.384. The number of nitrogens with zero attached hydrogens (tertiary/aromatic N) is 1. The second-order valence-electron chi connectivity index (χ2n) is 11.4. The summed E-state index contributed by atoms with van der Waals surface area (Å²) in [4.78, 5) is 48.2. The number of nitro groups is 1. The lowest BCUT2D eigenvalue weighted by atomic mass is 9.47. The number of hydrogen-bond acceptors (Lipinski definition) is 11. The molecule has 1 aromatic carbocycles. The minimum absolute atomic E-state index is 0.0730. The molecule has 6 aliphatic rings. The minimum Gasteiger partial charge on any atom is -0.458 e. The van der Waals surface area contributed by atoms with Gasteiger partial charge in [0.2, 0.25) is 0 Å². The number of benzene rings is 1. The molecule has 0 bridgehead atoms. The Hall–Kier alpha value is -3.35. The molecule has 0 amide bonds. The van der Waals surface area contributed by atoms with Gasteiger partial charge in [-0.05, 0) is 62.1 Å². The molecule has 3 heterocycles. The molecule has 42 heavy (non-hydrogen) atoms. The van der Waals surface area contributed by atoms with Crippen LogP contribution in [0.4, 0.5) is 10.5 Å². The predicted molar refractivity (Wildman–Crippen MR) is 146 cm³/mol. The highest BCUT2D eigenvalue weighted by atomic mass is 16.7. The first kappa shape index (κ1) is 30.1. The Labute approximate surface area is 243 Å². The van der Waals surface area contributed by atoms with Gasteiger partial charge >= 0.3 is 12.1 Å². The number of nitro benzene ring substituents is 1. The van der Waals surface area contributed by atoms with Gasteiger partial charge in [0.15, 0.2) is 11.4 Å². The van der Waals surface area contributed by atoms with Crippen molar-refractivity contribution in [3.05, 3.63) is 45.5 Å². The van der Waals surface area contributed by atoms with Crippen LogP contribution >= 0.6 is 0 Å². The fourth-order valence-corrected chi connectivity index (χ4v) is 7.98. The van der Waals surface area contributed by atoms with E-state index >= 15 is 0 Å². The number of cyclic esters (lactones) is 1. The van der Waals surface area contributed by atoms with Crippen LogP contribution in [0.25, 0.3) is 0 Å². The van der Waals surface area contributed by atoms with Crippen molar-refractivity contribution in [2.75, 3.05) is 20.3 Å². The van der Waals surface area contributed by atoms with E-state index in [4.69, 9.17) is 28.8 Å². The fraction of sp³-hybridized carbons (Fsp3) is 0.633. The number of carbonyl (C=O) groups is 3. The van der Waals surface area contributed by atoms with Gasteiger partial charge in [-0.3, -0.25) is 14.9 Å². The van der Waals surface area contributed by atoms with Crippen LogP contribution in [0.2, 0.25) is 0 Å². The van der Waals surface area contributed by atoms with Gasteiger partial charge in [0, 0.05) is 36.1 Å². The van der Waals surface area contributed by atoms with Crippen LogP contribution in [0.1, 0.15) is 59.3 Å². The summed E-state index contributed by atoms with van der Waals surface area (Å²) < 4.78 is 28.3. The number of non-ortho nitro benzene ring substituents is 1. The van der Waals surface area contributed by atoms with Crippen molar-refractivity contribution >= 4 is 23.6 Å². The first-order chi connectivity index (χ1) is 20.2. The fourth-order valence-electron chi connectivity index (χ4n) is 7.98. The maximum atomic E-state index is 13.8. The van der Waals surface area contributed by atoms with Gasteiger partial charge in [-0.15, -0.1) is 0 Å². The van der Waals surface area contributed by atoms with E-state index in [1.807, 2.05) is 13.8 Å². The normalized spacial score (nSPS) is 36.1. The molecular weight excluding hydrogens is 550 g/mol. The van der Waals surface area contributed by atoms with E-state index in [1.165, 1.54) is 24.3 Å². The van der Waals surface area contributed by atoms with Gasteiger partial charge < -0.3 is 28.8 Å². The summed E-state index contributed by atoms with van der Waals surface area (Å²) >= 11 is 0. The molecule has 12 heteroatoms. The second kappa shape index (κ2) is 11.1.